The van der Waals surface area contributed by atoms with Crippen LogP contribution in [0.3, 0.4) is 0 Å². The first-order chi connectivity index (χ1) is 14.7. The van der Waals surface area contributed by atoms with Crippen molar-refractivity contribution in [3.8, 4) is 17.1 Å². The predicted molar refractivity (Wildman–Crippen MR) is 123 cm³/mol. The Morgan fingerprint density at radius 2 is 1.93 bits per heavy atom. The fourth-order valence-electron chi connectivity index (χ4n) is 3.92. The molecule has 0 radical (unpaired) electrons. The van der Waals surface area contributed by atoms with Gasteiger partial charge in [-0.2, -0.15) is 0 Å². The average molecular weight is 437 g/mol. The van der Waals surface area contributed by atoms with Crippen LogP contribution in [0.5, 0.6) is 5.75 Å². The normalized spacial score (nSPS) is 13.3. The van der Waals surface area contributed by atoms with E-state index < -0.39 is 0 Å². The molecule has 0 unspecified atom stereocenters. The third-order valence-electron chi connectivity index (χ3n) is 5.43. The van der Waals surface area contributed by atoms with E-state index in [-0.39, 0.29) is 0 Å². The average Bonchev–Trinajstić information content (AvgIpc) is 3.17. The van der Waals surface area contributed by atoms with E-state index in [0.29, 0.717) is 17.3 Å². The number of nitrogens with zero attached hydrogens (tertiary/aromatic N) is 3. The van der Waals surface area contributed by atoms with Gasteiger partial charge in [-0.3, -0.25) is 4.98 Å². The second kappa shape index (κ2) is 8.20. The summed E-state index contributed by atoms with van der Waals surface area (Å²) < 4.78 is 5.26. The summed E-state index contributed by atoms with van der Waals surface area (Å²) in [5.41, 5.74) is 3.45. The quantitative estimate of drug-likeness (QED) is 0.421. The van der Waals surface area contributed by atoms with E-state index in [9.17, 15) is 0 Å². The smallest absolute Gasteiger partial charge is 0.163 e. The van der Waals surface area contributed by atoms with Crippen LogP contribution in [0.1, 0.15) is 28.8 Å². The Kier molecular flexibility index (Phi) is 5.27. The Balaban J connectivity index is 1.56. The number of thiophene rings is 1. The molecule has 0 spiro atoms. The first kappa shape index (κ1) is 19.3. The van der Waals surface area contributed by atoms with Gasteiger partial charge in [-0.05, 0) is 61.1 Å². The Hall–Kier alpha value is -2.70. The molecule has 5 nitrogen and oxygen atoms in total. The minimum Gasteiger partial charge on any atom is -0.495 e. The zero-order valence-electron chi connectivity index (χ0n) is 16.6. The highest BCUT2D eigenvalue weighted by Crippen LogP contribution is 2.39. The van der Waals surface area contributed by atoms with Gasteiger partial charge in [0.1, 0.15) is 16.4 Å². The number of hydrogen-bond acceptors (Lipinski definition) is 6. The molecule has 0 saturated heterocycles. The number of halogens is 1. The molecule has 0 atom stereocenters. The standard InChI is InChI=1S/C23H21ClN4OS/c1-29-18-7-6-14(12-17(18)24)13-26-22-20-16-4-2-3-5-19(16)30-23(20)28-21(27-22)15-8-10-25-11-9-15/h6-12H,2-5,13H2,1H3,(H,26,27,28). The van der Waals surface area contributed by atoms with Crippen LogP contribution in [-0.2, 0) is 19.4 Å². The third-order valence-corrected chi connectivity index (χ3v) is 6.91. The number of ether oxygens (including phenoxy) is 1. The van der Waals surface area contributed by atoms with Crippen LogP contribution in [0, 0.1) is 0 Å². The lowest BCUT2D eigenvalue weighted by Crippen LogP contribution is -2.06. The van der Waals surface area contributed by atoms with Gasteiger partial charge in [0.2, 0.25) is 0 Å². The van der Waals surface area contributed by atoms with Crippen LogP contribution in [0.2, 0.25) is 5.02 Å². The molecule has 1 aliphatic carbocycles. The van der Waals surface area contributed by atoms with Gasteiger partial charge >= 0.3 is 0 Å². The SMILES string of the molecule is COc1ccc(CNc2nc(-c3ccncc3)nc3sc4c(c23)CCCC4)cc1Cl. The lowest BCUT2D eigenvalue weighted by atomic mass is 9.97. The molecule has 5 rings (SSSR count). The highest BCUT2D eigenvalue weighted by Gasteiger charge is 2.21. The fraction of sp³-hybridized carbons (Fsp3) is 0.261. The molecule has 0 amide bonds. The lowest BCUT2D eigenvalue weighted by molar-refractivity contribution is 0.415. The maximum atomic E-state index is 6.31. The van der Waals surface area contributed by atoms with Crippen LogP contribution in [0.25, 0.3) is 21.6 Å². The molecule has 4 aromatic rings. The van der Waals surface area contributed by atoms with Crippen molar-refractivity contribution in [2.75, 3.05) is 12.4 Å². The molecule has 0 bridgehead atoms. The van der Waals surface area contributed by atoms with Gasteiger partial charge in [0.15, 0.2) is 5.82 Å². The molecule has 152 valence electrons. The summed E-state index contributed by atoms with van der Waals surface area (Å²) >= 11 is 8.11. The molecule has 30 heavy (non-hydrogen) atoms. The second-order valence-electron chi connectivity index (χ2n) is 7.35. The lowest BCUT2D eigenvalue weighted by Gasteiger charge is -2.14. The highest BCUT2D eigenvalue weighted by molar-refractivity contribution is 7.19. The number of anilines is 1. The molecule has 0 aliphatic heterocycles. The van der Waals surface area contributed by atoms with Crippen molar-refractivity contribution in [3.05, 3.63) is 63.8 Å². The monoisotopic (exact) mass is 436 g/mol. The zero-order valence-corrected chi connectivity index (χ0v) is 18.2. The van der Waals surface area contributed by atoms with Crippen molar-refractivity contribution < 1.29 is 4.74 Å². The maximum absolute atomic E-state index is 6.31. The van der Waals surface area contributed by atoms with Crippen LogP contribution < -0.4 is 10.1 Å². The van der Waals surface area contributed by atoms with Crippen LogP contribution in [0.4, 0.5) is 5.82 Å². The van der Waals surface area contributed by atoms with E-state index in [1.807, 2.05) is 41.7 Å². The molecule has 0 saturated carbocycles. The van der Waals surface area contributed by atoms with Crippen molar-refractivity contribution in [1.29, 1.82) is 0 Å². The molecular weight excluding hydrogens is 416 g/mol. The Morgan fingerprint density at radius 3 is 2.73 bits per heavy atom. The van der Waals surface area contributed by atoms with E-state index in [1.54, 1.807) is 19.5 Å². The molecule has 0 fully saturated rings. The fourth-order valence-corrected chi connectivity index (χ4v) is 5.46. The maximum Gasteiger partial charge on any atom is 0.163 e. The Morgan fingerprint density at radius 1 is 1.10 bits per heavy atom. The molecule has 3 heterocycles. The van der Waals surface area contributed by atoms with Crippen molar-refractivity contribution in [1.82, 2.24) is 15.0 Å². The van der Waals surface area contributed by atoms with E-state index in [2.05, 4.69) is 10.3 Å². The molecule has 3 aromatic heterocycles. The van der Waals surface area contributed by atoms with Gasteiger partial charge in [-0.1, -0.05) is 17.7 Å². The minimum atomic E-state index is 0.607. The third kappa shape index (κ3) is 3.61. The van der Waals surface area contributed by atoms with E-state index in [1.165, 1.54) is 28.7 Å². The number of benzene rings is 1. The number of nitrogens with one attached hydrogen (secondary N) is 1. The molecule has 1 N–H and O–H groups in total. The first-order valence-corrected chi connectivity index (χ1v) is 11.2. The van der Waals surface area contributed by atoms with Crippen molar-refractivity contribution >= 4 is 39.0 Å². The van der Waals surface area contributed by atoms with Gasteiger partial charge in [0, 0.05) is 29.4 Å². The van der Waals surface area contributed by atoms with Gasteiger partial charge in [-0.25, -0.2) is 9.97 Å². The summed E-state index contributed by atoms with van der Waals surface area (Å²) in [5, 5.41) is 5.34. The molecule has 1 aliphatic rings. The number of methoxy groups -OCH3 is 1. The summed E-state index contributed by atoms with van der Waals surface area (Å²) in [5.74, 6) is 2.29. The summed E-state index contributed by atoms with van der Waals surface area (Å²) in [4.78, 5) is 16.4. The number of fused-ring (bicyclic) bond motifs is 3. The summed E-state index contributed by atoms with van der Waals surface area (Å²) in [6.07, 6.45) is 8.24. The van der Waals surface area contributed by atoms with E-state index in [4.69, 9.17) is 26.3 Å². The van der Waals surface area contributed by atoms with E-state index >= 15 is 0 Å². The molecule has 1 aromatic carbocycles. The van der Waals surface area contributed by atoms with Crippen molar-refractivity contribution in [2.45, 2.75) is 32.2 Å². The van der Waals surface area contributed by atoms with Crippen LogP contribution in [0.15, 0.2) is 42.7 Å². The molecular formula is C23H21ClN4OS. The predicted octanol–water partition coefficient (Wildman–Crippen LogP) is 5.91. The zero-order chi connectivity index (χ0) is 20.5. The summed E-state index contributed by atoms with van der Waals surface area (Å²) in [7, 11) is 1.62. The summed E-state index contributed by atoms with van der Waals surface area (Å²) in [6, 6.07) is 9.73. The number of aryl methyl sites for hydroxylation is 2. The van der Waals surface area contributed by atoms with Gasteiger partial charge in [0.05, 0.1) is 17.5 Å². The Bertz CT molecular complexity index is 1210. The number of rotatable bonds is 5. The van der Waals surface area contributed by atoms with Gasteiger partial charge in [0.25, 0.3) is 0 Å². The van der Waals surface area contributed by atoms with Crippen molar-refractivity contribution in [2.24, 2.45) is 0 Å². The van der Waals surface area contributed by atoms with Crippen LogP contribution in [-0.4, -0.2) is 22.1 Å². The topological polar surface area (TPSA) is 59.9 Å². The van der Waals surface area contributed by atoms with Gasteiger partial charge in [-0.15, -0.1) is 11.3 Å². The highest BCUT2D eigenvalue weighted by atomic mass is 35.5. The Labute approximate surface area is 184 Å². The minimum absolute atomic E-state index is 0.607. The van der Waals surface area contributed by atoms with Crippen molar-refractivity contribution in [3.63, 3.8) is 0 Å². The largest absolute Gasteiger partial charge is 0.495 e. The number of aromatic nitrogens is 3. The second-order valence-corrected chi connectivity index (χ2v) is 8.84. The number of hydrogen-bond donors (Lipinski definition) is 1. The van der Waals surface area contributed by atoms with Gasteiger partial charge < -0.3 is 10.1 Å². The summed E-state index contributed by atoms with van der Waals surface area (Å²) in [6.45, 7) is 0.621. The van der Waals surface area contributed by atoms with Crippen LogP contribution >= 0.6 is 22.9 Å². The first-order valence-electron chi connectivity index (χ1n) is 10.0. The van der Waals surface area contributed by atoms with E-state index in [0.717, 1.165) is 40.4 Å². The molecule has 7 heteroatoms. The number of pyridine rings is 1.